The molecule has 1 aliphatic heterocycles. The smallest absolute Gasteiger partial charge is 0.243 e. The Bertz CT molecular complexity index is 559. The van der Waals surface area contributed by atoms with Gasteiger partial charge in [0.05, 0.1) is 6.61 Å². The van der Waals surface area contributed by atoms with Crippen LogP contribution in [-0.2, 0) is 16.1 Å². The first-order valence-corrected chi connectivity index (χ1v) is 8.94. The summed E-state index contributed by atoms with van der Waals surface area (Å²) in [5.74, 6) is 0.846. The lowest BCUT2D eigenvalue weighted by Crippen LogP contribution is -2.51. The van der Waals surface area contributed by atoms with Crippen molar-refractivity contribution >= 4 is 11.8 Å². The number of nitrogens with zero attached hydrogens (tertiary/aromatic N) is 1. The SMILES string of the molecule is CCCC(=O)N1CCCC[C@H]1C(=O)NCc1cccc(OCC)c1. The molecular formula is C19H28N2O3. The minimum absolute atomic E-state index is 0.0547. The summed E-state index contributed by atoms with van der Waals surface area (Å²) in [6.07, 6.45) is 4.05. The van der Waals surface area contributed by atoms with Crippen LogP contribution in [0.2, 0.25) is 0 Å². The first kappa shape index (κ1) is 18.3. The maximum Gasteiger partial charge on any atom is 0.243 e. The number of amides is 2. The molecule has 0 radical (unpaired) electrons. The molecule has 1 aliphatic rings. The van der Waals surface area contributed by atoms with Crippen LogP contribution in [0.15, 0.2) is 24.3 Å². The van der Waals surface area contributed by atoms with Gasteiger partial charge in [0.15, 0.2) is 0 Å². The van der Waals surface area contributed by atoms with Crippen molar-refractivity contribution in [3.8, 4) is 5.75 Å². The van der Waals surface area contributed by atoms with Gasteiger partial charge in [-0.2, -0.15) is 0 Å². The average Bonchev–Trinajstić information content (AvgIpc) is 2.60. The van der Waals surface area contributed by atoms with Crippen LogP contribution >= 0.6 is 0 Å². The summed E-state index contributed by atoms with van der Waals surface area (Å²) in [4.78, 5) is 26.6. The molecule has 5 heteroatoms. The summed E-state index contributed by atoms with van der Waals surface area (Å²) in [6.45, 7) is 5.69. The van der Waals surface area contributed by atoms with Crippen molar-refractivity contribution in [1.82, 2.24) is 10.2 Å². The first-order chi connectivity index (χ1) is 11.7. The Labute approximate surface area is 144 Å². The summed E-state index contributed by atoms with van der Waals surface area (Å²) >= 11 is 0. The van der Waals surface area contributed by atoms with Crippen LogP contribution in [0.1, 0.15) is 51.5 Å². The zero-order valence-electron chi connectivity index (χ0n) is 14.7. The number of carbonyl (C=O) groups is 2. The summed E-state index contributed by atoms with van der Waals surface area (Å²) < 4.78 is 5.48. The van der Waals surface area contributed by atoms with E-state index in [0.29, 0.717) is 26.1 Å². The molecule has 1 fully saturated rings. The van der Waals surface area contributed by atoms with Crippen LogP contribution in [0.5, 0.6) is 5.75 Å². The minimum Gasteiger partial charge on any atom is -0.494 e. The summed E-state index contributed by atoms with van der Waals surface area (Å²) in [7, 11) is 0. The van der Waals surface area contributed by atoms with E-state index in [1.54, 1.807) is 4.90 Å². The predicted octanol–water partition coefficient (Wildman–Crippen LogP) is 2.88. The van der Waals surface area contributed by atoms with E-state index in [0.717, 1.165) is 37.0 Å². The molecule has 1 heterocycles. The summed E-state index contributed by atoms with van der Waals surface area (Å²) in [6, 6.07) is 7.40. The third kappa shape index (κ3) is 4.98. The van der Waals surface area contributed by atoms with Gasteiger partial charge in [0.2, 0.25) is 11.8 Å². The Balaban J connectivity index is 1.94. The Hall–Kier alpha value is -2.04. The second-order valence-electron chi connectivity index (χ2n) is 6.15. The topological polar surface area (TPSA) is 58.6 Å². The highest BCUT2D eigenvalue weighted by Gasteiger charge is 2.31. The Morgan fingerprint density at radius 1 is 1.29 bits per heavy atom. The molecule has 0 saturated carbocycles. The van der Waals surface area contributed by atoms with Crippen molar-refractivity contribution < 1.29 is 14.3 Å². The molecule has 132 valence electrons. The van der Waals surface area contributed by atoms with Gasteiger partial charge in [-0.3, -0.25) is 9.59 Å². The lowest BCUT2D eigenvalue weighted by atomic mass is 10.0. The highest BCUT2D eigenvalue weighted by Crippen LogP contribution is 2.19. The second-order valence-corrected chi connectivity index (χ2v) is 6.15. The first-order valence-electron chi connectivity index (χ1n) is 8.94. The number of benzene rings is 1. The van der Waals surface area contributed by atoms with E-state index in [9.17, 15) is 9.59 Å². The van der Waals surface area contributed by atoms with Gasteiger partial charge >= 0.3 is 0 Å². The van der Waals surface area contributed by atoms with Crippen molar-refractivity contribution in [2.24, 2.45) is 0 Å². The van der Waals surface area contributed by atoms with Gasteiger partial charge in [0.25, 0.3) is 0 Å². The third-order valence-corrected chi connectivity index (χ3v) is 4.27. The van der Waals surface area contributed by atoms with Gasteiger partial charge < -0.3 is 15.0 Å². The fourth-order valence-electron chi connectivity index (χ4n) is 3.08. The molecule has 0 unspecified atom stereocenters. The quantitative estimate of drug-likeness (QED) is 0.835. The van der Waals surface area contributed by atoms with E-state index in [1.807, 2.05) is 38.1 Å². The number of ether oxygens (including phenoxy) is 1. The number of piperidine rings is 1. The molecule has 5 nitrogen and oxygen atoms in total. The van der Waals surface area contributed by atoms with Crippen LogP contribution in [-0.4, -0.2) is 35.9 Å². The van der Waals surface area contributed by atoms with Gasteiger partial charge in [-0.05, 0) is 50.3 Å². The molecule has 0 spiro atoms. The van der Waals surface area contributed by atoms with Crippen LogP contribution < -0.4 is 10.1 Å². The van der Waals surface area contributed by atoms with E-state index in [-0.39, 0.29) is 17.9 Å². The van der Waals surface area contributed by atoms with Crippen LogP contribution in [0.4, 0.5) is 0 Å². The molecule has 1 saturated heterocycles. The van der Waals surface area contributed by atoms with Gasteiger partial charge in [-0.15, -0.1) is 0 Å². The van der Waals surface area contributed by atoms with Crippen molar-refractivity contribution in [2.45, 2.75) is 58.5 Å². The average molecular weight is 332 g/mol. The van der Waals surface area contributed by atoms with Crippen molar-refractivity contribution in [3.63, 3.8) is 0 Å². The third-order valence-electron chi connectivity index (χ3n) is 4.27. The minimum atomic E-state index is -0.326. The number of carbonyl (C=O) groups excluding carboxylic acids is 2. The fourth-order valence-corrected chi connectivity index (χ4v) is 3.08. The molecule has 0 bridgehead atoms. The molecule has 0 aliphatic carbocycles. The normalized spacial score (nSPS) is 17.4. The van der Waals surface area contributed by atoms with Crippen molar-refractivity contribution in [2.75, 3.05) is 13.2 Å². The molecule has 24 heavy (non-hydrogen) atoms. The number of likely N-dealkylation sites (tertiary alicyclic amines) is 1. The monoisotopic (exact) mass is 332 g/mol. The molecule has 2 amide bonds. The molecule has 1 aromatic rings. The lowest BCUT2D eigenvalue weighted by Gasteiger charge is -2.34. The molecule has 1 atom stereocenters. The molecule has 2 rings (SSSR count). The highest BCUT2D eigenvalue weighted by molar-refractivity contribution is 5.87. The lowest BCUT2D eigenvalue weighted by molar-refractivity contribution is -0.142. The van der Waals surface area contributed by atoms with Gasteiger partial charge in [-0.25, -0.2) is 0 Å². The van der Waals surface area contributed by atoms with Crippen molar-refractivity contribution in [3.05, 3.63) is 29.8 Å². The second kappa shape index (κ2) is 9.30. The van der Waals surface area contributed by atoms with E-state index >= 15 is 0 Å². The van der Waals surface area contributed by atoms with E-state index in [4.69, 9.17) is 4.74 Å². The number of hydrogen-bond donors (Lipinski definition) is 1. The Kier molecular flexibility index (Phi) is 7.09. The maximum absolute atomic E-state index is 12.6. The van der Waals surface area contributed by atoms with Crippen LogP contribution in [0.25, 0.3) is 0 Å². The Morgan fingerprint density at radius 3 is 2.88 bits per heavy atom. The van der Waals surface area contributed by atoms with E-state index in [1.165, 1.54) is 0 Å². The van der Waals surface area contributed by atoms with Gasteiger partial charge in [-0.1, -0.05) is 19.1 Å². The van der Waals surface area contributed by atoms with E-state index in [2.05, 4.69) is 5.32 Å². The van der Waals surface area contributed by atoms with E-state index < -0.39 is 0 Å². The summed E-state index contributed by atoms with van der Waals surface area (Å²) in [5.41, 5.74) is 0.997. The van der Waals surface area contributed by atoms with Crippen LogP contribution in [0, 0.1) is 0 Å². The molecule has 0 aromatic heterocycles. The summed E-state index contributed by atoms with van der Waals surface area (Å²) in [5, 5.41) is 2.98. The maximum atomic E-state index is 12.6. The van der Waals surface area contributed by atoms with Crippen LogP contribution in [0.3, 0.4) is 0 Å². The molecular weight excluding hydrogens is 304 g/mol. The molecule has 1 N–H and O–H groups in total. The van der Waals surface area contributed by atoms with Gasteiger partial charge in [0.1, 0.15) is 11.8 Å². The zero-order valence-corrected chi connectivity index (χ0v) is 14.7. The largest absolute Gasteiger partial charge is 0.494 e. The number of hydrogen-bond acceptors (Lipinski definition) is 3. The molecule has 1 aromatic carbocycles. The number of rotatable bonds is 7. The van der Waals surface area contributed by atoms with Gasteiger partial charge in [0, 0.05) is 19.5 Å². The van der Waals surface area contributed by atoms with Crippen molar-refractivity contribution in [1.29, 1.82) is 0 Å². The Morgan fingerprint density at radius 2 is 2.12 bits per heavy atom. The fraction of sp³-hybridized carbons (Fsp3) is 0.579. The number of nitrogens with one attached hydrogen (secondary N) is 1. The highest BCUT2D eigenvalue weighted by atomic mass is 16.5. The standard InChI is InChI=1S/C19H28N2O3/c1-3-8-18(22)21-12-6-5-11-17(21)19(23)20-14-15-9-7-10-16(13-15)24-4-2/h7,9-10,13,17H,3-6,8,11-12,14H2,1-2H3,(H,20,23)/t17-/m0/s1. The predicted molar refractivity (Wildman–Crippen MR) is 93.7 cm³/mol. The zero-order chi connectivity index (χ0) is 17.4.